The first-order valence-electron chi connectivity index (χ1n) is 10.6. The van der Waals surface area contributed by atoms with Gasteiger partial charge in [-0.15, -0.1) is 0 Å². The number of ether oxygens (including phenoxy) is 1. The fraction of sp³-hybridized carbons (Fsp3) is 0.143. The van der Waals surface area contributed by atoms with Crippen molar-refractivity contribution in [1.82, 2.24) is 0 Å². The fourth-order valence-corrected chi connectivity index (χ4v) is 5.89. The molecule has 0 bridgehead atoms. The zero-order valence-electron chi connectivity index (χ0n) is 17.6. The second-order valence-electron chi connectivity index (χ2n) is 9.04. The van der Waals surface area contributed by atoms with Crippen LogP contribution in [-0.2, 0) is 0 Å². The van der Waals surface area contributed by atoms with Crippen LogP contribution in [0.3, 0.4) is 0 Å². The van der Waals surface area contributed by atoms with Crippen LogP contribution in [-0.4, -0.2) is 6.71 Å². The Morgan fingerprint density at radius 2 is 1.73 bits per heavy atom. The Morgan fingerprint density at radius 3 is 2.50 bits per heavy atom. The summed E-state index contributed by atoms with van der Waals surface area (Å²) in [5.74, 6) is 1.99. The maximum absolute atomic E-state index is 6.47. The molecular formula is C28H23BO. The predicted octanol–water partition coefficient (Wildman–Crippen LogP) is 5.96. The van der Waals surface area contributed by atoms with Gasteiger partial charge in [0.15, 0.2) is 0 Å². The lowest BCUT2D eigenvalue weighted by molar-refractivity contribution is 0.488. The Morgan fingerprint density at radius 1 is 0.967 bits per heavy atom. The minimum atomic E-state index is -0.0532. The summed E-state index contributed by atoms with van der Waals surface area (Å²) in [6.45, 7) is 11.1. The summed E-state index contributed by atoms with van der Waals surface area (Å²) < 4.78 is 6.47. The van der Waals surface area contributed by atoms with E-state index in [9.17, 15) is 0 Å². The average Bonchev–Trinajstić information content (AvgIpc) is 3.19. The summed E-state index contributed by atoms with van der Waals surface area (Å²) >= 11 is 0. The summed E-state index contributed by atoms with van der Waals surface area (Å²) in [7, 11) is 0. The number of hydrogen-bond donors (Lipinski definition) is 0. The van der Waals surface area contributed by atoms with Gasteiger partial charge in [0, 0.05) is 5.41 Å². The topological polar surface area (TPSA) is 9.23 Å². The lowest BCUT2D eigenvalue weighted by Gasteiger charge is -2.29. The Labute approximate surface area is 178 Å². The number of hydrogen-bond acceptors (Lipinski definition) is 1. The molecule has 0 aromatic heterocycles. The van der Waals surface area contributed by atoms with E-state index in [1.165, 1.54) is 49.5 Å². The number of fused-ring (bicyclic) bond motifs is 5. The van der Waals surface area contributed by atoms with Gasteiger partial charge in [-0.25, -0.2) is 0 Å². The van der Waals surface area contributed by atoms with E-state index in [-0.39, 0.29) is 12.1 Å². The van der Waals surface area contributed by atoms with Crippen LogP contribution in [0.2, 0.25) is 0 Å². The van der Waals surface area contributed by atoms with Crippen LogP contribution >= 0.6 is 0 Å². The monoisotopic (exact) mass is 386 g/mol. The Kier molecular flexibility index (Phi) is 3.45. The molecule has 6 rings (SSSR count). The highest BCUT2D eigenvalue weighted by Crippen LogP contribution is 2.56. The summed E-state index contributed by atoms with van der Waals surface area (Å²) in [5.41, 5.74) is 9.60. The van der Waals surface area contributed by atoms with Crippen molar-refractivity contribution in [2.45, 2.75) is 20.8 Å². The molecule has 0 amide bonds. The van der Waals surface area contributed by atoms with E-state index in [0.29, 0.717) is 0 Å². The molecule has 144 valence electrons. The van der Waals surface area contributed by atoms with Crippen molar-refractivity contribution < 1.29 is 4.74 Å². The van der Waals surface area contributed by atoms with Crippen LogP contribution in [0.25, 0.3) is 16.3 Å². The van der Waals surface area contributed by atoms with E-state index in [1.807, 2.05) is 6.08 Å². The fourth-order valence-electron chi connectivity index (χ4n) is 5.89. The SMILES string of the molecule is C=C/C=C\C1=C(C)C2=C(c3cccc4c3B2c2cc3ccccc3cc2O4)C1(C)C. The molecule has 0 saturated heterocycles. The third-order valence-corrected chi connectivity index (χ3v) is 7.10. The van der Waals surface area contributed by atoms with Crippen LogP contribution in [0.4, 0.5) is 0 Å². The van der Waals surface area contributed by atoms with Crippen molar-refractivity contribution >= 4 is 34.0 Å². The highest BCUT2D eigenvalue weighted by atomic mass is 16.5. The lowest BCUT2D eigenvalue weighted by Crippen LogP contribution is -2.47. The molecule has 2 heteroatoms. The van der Waals surface area contributed by atoms with Gasteiger partial charge in [-0.2, -0.15) is 0 Å². The minimum Gasteiger partial charge on any atom is -0.458 e. The molecule has 0 unspecified atom stereocenters. The van der Waals surface area contributed by atoms with Crippen LogP contribution in [0.1, 0.15) is 26.3 Å². The minimum absolute atomic E-state index is 0.0532. The van der Waals surface area contributed by atoms with Gasteiger partial charge in [0.1, 0.15) is 11.5 Å². The zero-order chi connectivity index (χ0) is 20.6. The third kappa shape index (κ3) is 2.09. The molecule has 0 saturated carbocycles. The van der Waals surface area contributed by atoms with E-state index in [2.05, 4.69) is 94.1 Å². The van der Waals surface area contributed by atoms with Gasteiger partial charge < -0.3 is 4.74 Å². The van der Waals surface area contributed by atoms with Gasteiger partial charge >= 0.3 is 0 Å². The van der Waals surface area contributed by atoms with Crippen molar-refractivity contribution in [3.05, 3.63) is 102 Å². The molecule has 1 aliphatic carbocycles. The van der Waals surface area contributed by atoms with Crippen LogP contribution in [0, 0.1) is 5.41 Å². The number of benzene rings is 3. The summed E-state index contributed by atoms with van der Waals surface area (Å²) in [4.78, 5) is 0. The molecule has 3 aromatic rings. The highest BCUT2D eigenvalue weighted by molar-refractivity contribution is 6.96. The molecule has 2 heterocycles. The van der Waals surface area contributed by atoms with Gasteiger partial charge in [0.25, 0.3) is 6.71 Å². The molecule has 1 nitrogen and oxygen atoms in total. The largest absolute Gasteiger partial charge is 0.458 e. The standard InChI is InChI=1S/C28H23BO/c1-5-6-13-21-17(2)26-25(28(21,3)4)20-12-9-14-23-27(20)29(26)22-15-18-10-7-8-11-19(18)16-24(22)30-23/h5-16H,1H2,2-4H3/b13-6-. The van der Waals surface area contributed by atoms with Gasteiger partial charge in [0.05, 0.1) is 0 Å². The Bertz CT molecular complexity index is 1370. The second kappa shape index (κ2) is 5.89. The third-order valence-electron chi connectivity index (χ3n) is 7.10. The maximum Gasteiger partial charge on any atom is 0.252 e. The summed E-state index contributed by atoms with van der Waals surface area (Å²) in [6.07, 6.45) is 6.16. The molecule has 0 N–H and O–H groups in total. The normalized spacial score (nSPS) is 18.0. The Balaban J connectivity index is 1.67. The van der Waals surface area contributed by atoms with Gasteiger partial charge in [-0.3, -0.25) is 0 Å². The molecule has 2 aliphatic heterocycles. The van der Waals surface area contributed by atoms with Crippen LogP contribution in [0.15, 0.2) is 96.0 Å². The quantitative estimate of drug-likeness (QED) is 0.390. The smallest absolute Gasteiger partial charge is 0.252 e. The van der Waals surface area contributed by atoms with Gasteiger partial charge in [-0.05, 0) is 57.5 Å². The van der Waals surface area contributed by atoms with Gasteiger partial charge in [-0.1, -0.05) is 92.2 Å². The van der Waals surface area contributed by atoms with Crippen LogP contribution < -0.4 is 15.7 Å². The van der Waals surface area contributed by atoms with Crippen molar-refractivity contribution in [3.63, 3.8) is 0 Å². The molecule has 0 spiro atoms. The second-order valence-corrected chi connectivity index (χ2v) is 9.04. The molecule has 0 fully saturated rings. The number of rotatable bonds is 2. The first-order valence-corrected chi connectivity index (χ1v) is 10.6. The molecule has 30 heavy (non-hydrogen) atoms. The first-order chi connectivity index (χ1) is 14.5. The lowest BCUT2D eigenvalue weighted by atomic mass is 9.36. The van der Waals surface area contributed by atoms with E-state index < -0.39 is 0 Å². The van der Waals surface area contributed by atoms with E-state index in [0.717, 1.165) is 11.5 Å². The van der Waals surface area contributed by atoms with Crippen molar-refractivity contribution in [1.29, 1.82) is 0 Å². The van der Waals surface area contributed by atoms with E-state index in [1.54, 1.807) is 0 Å². The van der Waals surface area contributed by atoms with E-state index in [4.69, 9.17) is 4.74 Å². The summed E-state index contributed by atoms with van der Waals surface area (Å²) in [5, 5.41) is 2.48. The highest BCUT2D eigenvalue weighted by Gasteiger charge is 2.50. The summed E-state index contributed by atoms with van der Waals surface area (Å²) in [6, 6.07) is 19.6. The maximum atomic E-state index is 6.47. The van der Waals surface area contributed by atoms with Crippen molar-refractivity contribution in [2.75, 3.05) is 0 Å². The van der Waals surface area contributed by atoms with E-state index >= 15 is 0 Å². The molecule has 0 radical (unpaired) electrons. The average molecular weight is 386 g/mol. The molecule has 0 atom stereocenters. The molecular weight excluding hydrogens is 363 g/mol. The van der Waals surface area contributed by atoms with Crippen molar-refractivity contribution in [2.24, 2.45) is 5.41 Å². The Hall–Kier alpha value is -3.26. The molecule has 3 aromatic carbocycles. The first kappa shape index (κ1) is 17.6. The predicted molar refractivity (Wildman–Crippen MR) is 128 cm³/mol. The van der Waals surface area contributed by atoms with Gasteiger partial charge in [0.2, 0.25) is 0 Å². The molecule has 3 aliphatic rings. The number of allylic oxidation sites excluding steroid dienone is 7. The zero-order valence-corrected chi connectivity index (χ0v) is 17.6. The van der Waals surface area contributed by atoms with Crippen molar-refractivity contribution in [3.8, 4) is 11.5 Å². The van der Waals surface area contributed by atoms with Crippen LogP contribution in [0.5, 0.6) is 11.5 Å².